The summed E-state index contributed by atoms with van der Waals surface area (Å²) in [6.45, 7) is 4.25. The second-order valence-electron chi connectivity index (χ2n) is 13.3. The van der Waals surface area contributed by atoms with Crippen LogP contribution in [0.2, 0.25) is 0 Å². The molecule has 2 atom stereocenters. The summed E-state index contributed by atoms with van der Waals surface area (Å²) in [5.41, 5.74) is 1.92. The number of fused-ring (bicyclic) bond motifs is 2. The Morgan fingerprint density at radius 2 is 1.78 bits per heavy atom. The highest BCUT2D eigenvalue weighted by Gasteiger charge is 2.47. The highest BCUT2D eigenvalue weighted by atomic mass is 16.5. The molecule has 15 heteroatoms. The van der Waals surface area contributed by atoms with Crippen LogP contribution in [0.1, 0.15) is 73.5 Å². The van der Waals surface area contributed by atoms with Gasteiger partial charge in [0.25, 0.3) is 5.91 Å². The van der Waals surface area contributed by atoms with E-state index in [1.54, 1.807) is 30.2 Å². The van der Waals surface area contributed by atoms with E-state index in [2.05, 4.69) is 25.3 Å². The van der Waals surface area contributed by atoms with Gasteiger partial charge in [-0.2, -0.15) is 0 Å². The molecule has 0 bridgehead atoms. The molecule has 3 aliphatic rings. The lowest BCUT2D eigenvalue weighted by Crippen LogP contribution is -2.67. The van der Waals surface area contributed by atoms with Gasteiger partial charge >= 0.3 is 0 Å². The molecule has 0 aromatic carbocycles. The average Bonchev–Trinajstić information content (AvgIpc) is 3.57. The third kappa shape index (κ3) is 5.77. The minimum atomic E-state index is -0.389. The van der Waals surface area contributed by atoms with Crippen LogP contribution in [0.25, 0.3) is 16.9 Å². The number of ether oxygens (including phenoxy) is 2. The molecule has 2 amide bonds. The van der Waals surface area contributed by atoms with Crippen molar-refractivity contribution in [3.8, 4) is 17.4 Å². The van der Waals surface area contributed by atoms with Crippen LogP contribution >= 0.6 is 0 Å². The maximum Gasteiger partial charge on any atom is 0.263 e. The van der Waals surface area contributed by atoms with Gasteiger partial charge in [0.05, 0.1) is 25.9 Å². The molecule has 0 unspecified atom stereocenters. The molecule has 7 rings (SSSR count). The number of pyridine rings is 3. The summed E-state index contributed by atoms with van der Waals surface area (Å²) < 4.78 is 12.5. The van der Waals surface area contributed by atoms with Crippen molar-refractivity contribution in [1.29, 1.82) is 0 Å². The predicted molar refractivity (Wildman–Crippen MR) is 185 cm³/mol. The first-order chi connectivity index (χ1) is 24.2. The zero-order valence-corrected chi connectivity index (χ0v) is 28.9. The van der Waals surface area contributed by atoms with Gasteiger partial charge in [0.2, 0.25) is 28.5 Å². The van der Waals surface area contributed by atoms with Crippen LogP contribution in [0.15, 0.2) is 34.1 Å². The van der Waals surface area contributed by atoms with E-state index in [1.807, 2.05) is 11.5 Å². The SMILES string of the molecule is CCc1c(N2CCN(C(=O)c3c(OC)[nH]cc(C)c3=O)[C@H]3CC[C@@H]32)c(=O)c2nn(-c3ccnc(OC)c3)nc2n1CC(=O)NC1CCCCC1. The third-order valence-corrected chi connectivity index (χ3v) is 10.4. The lowest BCUT2D eigenvalue weighted by atomic mass is 9.81. The number of carbonyl (C=O) groups is 2. The zero-order valence-electron chi connectivity index (χ0n) is 28.9. The fraction of sp³-hybridized carbons (Fsp3) is 0.514. The number of hydrogen-bond donors (Lipinski definition) is 2. The summed E-state index contributed by atoms with van der Waals surface area (Å²) in [6, 6.07) is 3.13. The molecule has 0 radical (unpaired) electrons. The minimum Gasteiger partial charge on any atom is -0.482 e. The van der Waals surface area contributed by atoms with E-state index in [9.17, 15) is 19.2 Å². The lowest BCUT2D eigenvalue weighted by molar-refractivity contribution is -0.122. The summed E-state index contributed by atoms with van der Waals surface area (Å²) in [5, 5.41) is 12.6. The van der Waals surface area contributed by atoms with Crippen molar-refractivity contribution in [2.45, 2.75) is 89.9 Å². The number of amides is 2. The van der Waals surface area contributed by atoms with Crippen molar-refractivity contribution in [2.24, 2.45) is 0 Å². The quantitative estimate of drug-likeness (QED) is 0.267. The number of hydrogen-bond acceptors (Lipinski definition) is 10. The van der Waals surface area contributed by atoms with Crippen molar-refractivity contribution >= 4 is 28.7 Å². The third-order valence-electron chi connectivity index (χ3n) is 10.4. The number of anilines is 1. The van der Waals surface area contributed by atoms with E-state index >= 15 is 0 Å². The molecule has 2 N–H and O–H groups in total. The van der Waals surface area contributed by atoms with E-state index in [1.165, 1.54) is 31.6 Å². The standard InChI is InChI=1S/C35H43N9O6/c1-5-23-30(41-15-16-42(25-12-11-24(25)41)35(48)28-31(46)20(2)18-37-34(28)50-4)32(47)29-33(40-44(39-29)22-13-14-36-27(17-22)49-3)43(23)19-26(45)38-21-9-7-6-8-10-21/h13-14,17-18,21,24-25H,5-12,15-16,19H2,1-4H3,(H,37,46)(H,38,45)/t24-,25-/m0/s1. The first kappa shape index (κ1) is 33.3. The van der Waals surface area contributed by atoms with Crippen LogP contribution in [-0.2, 0) is 17.8 Å². The number of aromatic amines is 1. The van der Waals surface area contributed by atoms with Crippen LogP contribution in [0, 0.1) is 6.92 Å². The molecular weight excluding hydrogens is 642 g/mol. The van der Waals surface area contributed by atoms with E-state index < -0.39 is 0 Å². The first-order valence-electron chi connectivity index (χ1n) is 17.4. The second kappa shape index (κ2) is 13.6. The molecule has 15 nitrogen and oxygen atoms in total. The minimum absolute atomic E-state index is 0.0158. The van der Waals surface area contributed by atoms with Gasteiger partial charge in [-0.05, 0) is 45.1 Å². The highest BCUT2D eigenvalue weighted by molar-refractivity contribution is 5.97. The lowest BCUT2D eigenvalue weighted by Gasteiger charge is -2.54. The molecule has 3 fully saturated rings. The van der Waals surface area contributed by atoms with Crippen molar-refractivity contribution in [3.05, 3.63) is 61.8 Å². The van der Waals surface area contributed by atoms with E-state index in [-0.39, 0.29) is 64.3 Å². The highest BCUT2D eigenvalue weighted by Crippen LogP contribution is 2.38. The number of nitrogens with zero attached hydrogens (tertiary/aromatic N) is 7. The van der Waals surface area contributed by atoms with Gasteiger partial charge in [0, 0.05) is 54.9 Å². The Labute approximate surface area is 288 Å². The molecule has 5 heterocycles. The normalized spacial score (nSPS) is 19.2. The van der Waals surface area contributed by atoms with E-state index in [0.29, 0.717) is 53.7 Å². The molecule has 2 saturated carbocycles. The molecule has 4 aromatic rings. The van der Waals surface area contributed by atoms with Gasteiger partial charge in [-0.3, -0.25) is 19.2 Å². The van der Waals surface area contributed by atoms with E-state index in [0.717, 1.165) is 38.5 Å². The Kier molecular flexibility index (Phi) is 9.05. The average molecular weight is 686 g/mol. The van der Waals surface area contributed by atoms with Gasteiger partial charge in [0.15, 0.2) is 11.2 Å². The van der Waals surface area contributed by atoms with Crippen LogP contribution in [0.3, 0.4) is 0 Å². The maximum atomic E-state index is 14.6. The first-order valence-corrected chi connectivity index (χ1v) is 17.4. The number of aromatic nitrogens is 6. The van der Waals surface area contributed by atoms with Crippen LogP contribution < -0.4 is 30.5 Å². The van der Waals surface area contributed by atoms with Crippen molar-refractivity contribution in [1.82, 2.24) is 39.7 Å². The fourth-order valence-corrected chi connectivity index (χ4v) is 7.75. The van der Waals surface area contributed by atoms with Gasteiger partial charge in [-0.1, -0.05) is 26.2 Å². The Morgan fingerprint density at radius 3 is 2.48 bits per heavy atom. The molecule has 0 spiro atoms. The van der Waals surface area contributed by atoms with Gasteiger partial charge in [0.1, 0.15) is 17.8 Å². The maximum absolute atomic E-state index is 14.6. The Hall–Kier alpha value is -5.21. The van der Waals surface area contributed by atoms with Gasteiger partial charge in [-0.25, -0.2) is 4.98 Å². The van der Waals surface area contributed by atoms with E-state index in [4.69, 9.17) is 14.6 Å². The van der Waals surface area contributed by atoms with Crippen molar-refractivity contribution < 1.29 is 19.1 Å². The predicted octanol–water partition coefficient (Wildman–Crippen LogP) is 2.50. The molecule has 1 aliphatic heterocycles. The summed E-state index contributed by atoms with van der Waals surface area (Å²) in [7, 11) is 2.94. The number of methoxy groups -OCH3 is 2. The smallest absolute Gasteiger partial charge is 0.263 e. The number of carbonyl (C=O) groups excluding carboxylic acids is 2. The monoisotopic (exact) mass is 685 g/mol. The molecule has 264 valence electrons. The number of rotatable bonds is 9. The molecular formula is C35H43N9O6. The van der Waals surface area contributed by atoms with Crippen molar-refractivity contribution in [3.63, 3.8) is 0 Å². The summed E-state index contributed by atoms with van der Waals surface area (Å²) in [5.74, 6) is -0.0294. The summed E-state index contributed by atoms with van der Waals surface area (Å²) in [6.07, 6.45) is 10.3. The van der Waals surface area contributed by atoms with Crippen LogP contribution in [0.4, 0.5) is 5.69 Å². The second-order valence-corrected chi connectivity index (χ2v) is 13.3. The Balaban J connectivity index is 1.29. The molecule has 4 aromatic heterocycles. The molecule has 1 saturated heterocycles. The summed E-state index contributed by atoms with van der Waals surface area (Å²) >= 11 is 0. The topological polar surface area (TPSA) is 170 Å². The van der Waals surface area contributed by atoms with Gasteiger partial charge < -0.3 is 34.1 Å². The zero-order chi connectivity index (χ0) is 35.1. The largest absolute Gasteiger partial charge is 0.482 e. The summed E-state index contributed by atoms with van der Waals surface area (Å²) in [4.78, 5) is 67.5. The van der Waals surface area contributed by atoms with Crippen molar-refractivity contribution in [2.75, 3.05) is 32.2 Å². The van der Waals surface area contributed by atoms with Crippen LogP contribution in [0.5, 0.6) is 11.8 Å². The molecule has 50 heavy (non-hydrogen) atoms. The van der Waals surface area contributed by atoms with Gasteiger partial charge in [-0.15, -0.1) is 15.0 Å². The number of piperazine rings is 1. The molecule has 2 aliphatic carbocycles. The fourth-order valence-electron chi connectivity index (χ4n) is 7.75. The van der Waals surface area contributed by atoms with Crippen LogP contribution in [-0.4, -0.2) is 91.7 Å². The Bertz CT molecular complexity index is 2060. The Morgan fingerprint density at radius 1 is 1.00 bits per heavy atom. The number of aryl methyl sites for hydroxylation is 1. The number of nitrogens with one attached hydrogen (secondary N) is 2. The number of H-pyrrole nitrogens is 1.